The van der Waals surface area contributed by atoms with Crippen LogP contribution in [0.3, 0.4) is 0 Å². The second-order valence-electron chi connectivity index (χ2n) is 4.84. The number of nitrogens with zero attached hydrogens (tertiary/aromatic N) is 2. The van der Waals surface area contributed by atoms with Gasteiger partial charge in [-0.15, -0.1) is 0 Å². The Morgan fingerprint density at radius 1 is 1.10 bits per heavy atom. The normalized spacial score (nSPS) is 11.2. The van der Waals surface area contributed by atoms with Crippen LogP contribution in [-0.4, -0.2) is 9.38 Å². The van der Waals surface area contributed by atoms with Gasteiger partial charge >= 0.3 is 0 Å². The summed E-state index contributed by atoms with van der Waals surface area (Å²) in [5, 5.41) is 1.05. The monoisotopic (exact) mass is 305 g/mol. The first-order valence-corrected chi connectivity index (χ1v) is 6.93. The van der Waals surface area contributed by atoms with Crippen LogP contribution < -0.4 is 5.73 Å². The van der Waals surface area contributed by atoms with Crippen molar-refractivity contribution in [1.29, 1.82) is 0 Å². The van der Waals surface area contributed by atoms with Gasteiger partial charge in [0.25, 0.3) is 0 Å². The van der Waals surface area contributed by atoms with Gasteiger partial charge in [-0.05, 0) is 37.6 Å². The van der Waals surface area contributed by atoms with E-state index in [-0.39, 0.29) is 0 Å². The lowest BCUT2D eigenvalue weighted by molar-refractivity contribution is 1.09. The van der Waals surface area contributed by atoms with E-state index in [0.29, 0.717) is 15.7 Å². The lowest BCUT2D eigenvalue weighted by Crippen LogP contribution is -1.95. The van der Waals surface area contributed by atoms with Gasteiger partial charge in [0.05, 0.1) is 21.4 Å². The van der Waals surface area contributed by atoms with Crippen molar-refractivity contribution in [3.8, 4) is 11.3 Å². The largest absolute Gasteiger partial charge is 0.396 e. The molecule has 3 aromatic rings. The third kappa shape index (κ3) is 2.03. The minimum atomic E-state index is 0.518. The number of nitrogens with two attached hydrogens (primary N) is 1. The van der Waals surface area contributed by atoms with E-state index in [1.54, 1.807) is 6.07 Å². The van der Waals surface area contributed by atoms with E-state index < -0.39 is 0 Å². The lowest BCUT2D eigenvalue weighted by Gasteiger charge is -2.03. The predicted octanol–water partition coefficient (Wildman–Crippen LogP) is 4.51. The van der Waals surface area contributed by atoms with Gasteiger partial charge < -0.3 is 10.1 Å². The van der Waals surface area contributed by atoms with Gasteiger partial charge in [-0.1, -0.05) is 29.3 Å². The van der Waals surface area contributed by atoms with E-state index in [2.05, 4.69) is 4.98 Å². The average molecular weight is 306 g/mol. The molecule has 0 spiro atoms. The molecular formula is C15H13Cl2N3. The summed E-state index contributed by atoms with van der Waals surface area (Å²) < 4.78 is 2.00. The molecule has 0 saturated heterocycles. The summed E-state index contributed by atoms with van der Waals surface area (Å²) in [6, 6.07) is 7.42. The summed E-state index contributed by atoms with van der Waals surface area (Å²) in [5.74, 6) is 0. The van der Waals surface area contributed by atoms with Gasteiger partial charge in [-0.25, -0.2) is 4.98 Å². The van der Waals surface area contributed by atoms with E-state index >= 15 is 0 Å². The molecule has 0 bridgehead atoms. The van der Waals surface area contributed by atoms with Crippen molar-refractivity contribution >= 4 is 34.5 Å². The smallest absolute Gasteiger partial charge is 0.160 e. The van der Waals surface area contributed by atoms with Crippen molar-refractivity contribution in [2.75, 3.05) is 5.73 Å². The number of aromatic nitrogens is 2. The second-order valence-corrected chi connectivity index (χ2v) is 5.66. The van der Waals surface area contributed by atoms with E-state index in [4.69, 9.17) is 28.9 Å². The highest BCUT2D eigenvalue weighted by Gasteiger charge is 2.13. The highest BCUT2D eigenvalue weighted by Crippen LogP contribution is 2.31. The van der Waals surface area contributed by atoms with Gasteiger partial charge in [0.15, 0.2) is 5.65 Å². The molecule has 0 radical (unpaired) electrons. The molecule has 2 aromatic heterocycles. The van der Waals surface area contributed by atoms with Crippen molar-refractivity contribution in [3.63, 3.8) is 0 Å². The zero-order valence-corrected chi connectivity index (χ0v) is 12.6. The predicted molar refractivity (Wildman–Crippen MR) is 84.5 cm³/mol. The Bertz CT molecular complexity index is 822. The third-order valence-corrected chi connectivity index (χ3v) is 4.06. The van der Waals surface area contributed by atoms with Crippen LogP contribution in [0.15, 0.2) is 30.5 Å². The van der Waals surface area contributed by atoms with Crippen LogP contribution in [0.25, 0.3) is 16.9 Å². The Hall–Kier alpha value is -1.71. The summed E-state index contributed by atoms with van der Waals surface area (Å²) in [5.41, 5.74) is 11.4. The van der Waals surface area contributed by atoms with Gasteiger partial charge in [0, 0.05) is 17.5 Å². The highest BCUT2D eigenvalue weighted by molar-refractivity contribution is 6.42. The molecule has 0 unspecified atom stereocenters. The van der Waals surface area contributed by atoms with Crippen LogP contribution in [0.1, 0.15) is 11.3 Å². The number of halogens is 2. The fraction of sp³-hybridized carbons (Fsp3) is 0.133. The molecule has 0 fully saturated rings. The van der Waals surface area contributed by atoms with Gasteiger partial charge in [0.2, 0.25) is 0 Å². The highest BCUT2D eigenvalue weighted by atomic mass is 35.5. The van der Waals surface area contributed by atoms with Crippen LogP contribution in [0.4, 0.5) is 5.69 Å². The molecular weight excluding hydrogens is 293 g/mol. The van der Waals surface area contributed by atoms with Crippen molar-refractivity contribution in [1.82, 2.24) is 9.38 Å². The third-order valence-electron chi connectivity index (χ3n) is 3.32. The number of anilines is 1. The van der Waals surface area contributed by atoms with Crippen LogP contribution in [0.5, 0.6) is 0 Å². The van der Waals surface area contributed by atoms with Crippen molar-refractivity contribution in [3.05, 3.63) is 51.8 Å². The maximum absolute atomic E-state index is 6.08. The van der Waals surface area contributed by atoms with Gasteiger partial charge in [0.1, 0.15) is 0 Å². The number of pyridine rings is 1. The minimum absolute atomic E-state index is 0.518. The lowest BCUT2D eigenvalue weighted by atomic mass is 10.1. The Morgan fingerprint density at radius 3 is 2.55 bits per heavy atom. The first kappa shape index (κ1) is 13.3. The number of fused-ring (bicyclic) bond motifs is 1. The number of benzene rings is 1. The molecule has 0 amide bonds. The van der Waals surface area contributed by atoms with E-state index in [1.807, 2.05) is 42.6 Å². The van der Waals surface area contributed by atoms with Gasteiger partial charge in [-0.3, -0.25) is 0 Å². The summed E-state index contributed by atoms with van der Waals surface area (Å²) >= 11 is 12.0. The number of hydrogen-bond acceptors (Lipinski definition) is 2. The van der Waals surface area contributed by atoms with Crippen LogP contribution in [0.2, 0.25) is 10.0 Å². The van der Waals surface area contributed by atoms with E-state index in [1.165, 1.54) is 0 Å². The number of hydrogen-bond donors (Lipinski definition) is 1. The Labute approximate surface area is 127 Å². The molecule has 102 valence electrons. The van der Waals surface area contributed by atoms with Crippen molar-refractivity contribution < 1.29 is 0 Å². The average Bonchev–Trinajstić information content (AvgIpc) is 2.71. The van der Waals surface area contributed by atoms with Crippen LogP contribution >= 0.6 is 23.2 Å². The van der Waals surface area contributed by atoms with Crippen molar-refractivity contribution in [2.24, 2.45) is 0 Å². The number of nitrogen functional groups attached to an aromatic ring is 1. The first-order chi connectivity index (χ1) is 9.47. The molecule has 20 heavy (non-hydrogen) atoms. The molecule has 0 aliphatic carbocycles. The molecule has 2 N–H and O–H groups in total. The minimum Gasteiger partial charge on any atom is -0.396 e. The fourth-order valence-corrected chi connectivity index (χ4v) is 2.64. The zero-order valence-electron chi connectivity index (χ0n) is 11.1. The number of rotatable bonds is 1. The molecule has 0 atom stereocenters. The summed E-state index contributed by atoms with van der Waals surface area (Å²) in [7, 11) is 0. The Morgan fingerprint density at radius 2 is 1.85 bits per heavy atom. The maximum Gasteiger partial charge on any atom is 0.160 e. The molecule has 2 heterocycles. The zero-order chi connectivity index (χ0) is 14.4. The SMILES string of the molecule is Cc1cc(N)c2nc(-c3ccc(Cl)c(Cl)c3)c(C)n2c1. The fourth-order valence-electron chi connectivity index (χ4n) is 2.34. The topological polar surface area (TPSA) is 43.3 Å². The number of imidazole rings is 1. The summed E-state index contributed by atoms with van der Waals surface area (Å²) in [6.45, 7) is 4.02. The van der Waals surface area contributed by atoms with Crippen LogP contribution in [-0.2, 0) is 0 Å². The first-order valence-electron chi connectivity index (χ1n) is 6.17. The summed E-state index contributed by atoms with van der Waals surface area (Å²) in [6.07, 6.45) is 2.02. The van der Waals surface area contributed by atoms with Crippen LogP contribution in [0, 0.1) is 13.8 Å². The van der Waals surface area contributed by atoms with E-state index in [0.717, 1.165) is 28.2 Å². The molecule has 0 saturated carbocycles. The molecule has 0 aliphatic rings. The maximum atomic E-state index is 6.08. The molecule has 3 nitrogen and oxygen atoms in total. The summed E-state index contributed by atoms with van der Waals surface area (Å²) in [4.78, 5) is 4.63. The quantitative estimate of drug-likeness (QED) is 0.719. The Balaban J connectivity index is 2.29. The molecule has 3 rings (SSSR count). The van der Waals surface area contributed by atoms with Gasteiger partial charge in [-0.2, -0.15) is 0 Å². The van der Waals surface area contributed by atoms with Crippen molar-refractivity contribution in [2.45, 2.75) is 13.8 Å². The molecule has 5 heteroatoms. The molecule has 1 aromatic carbocycles. The second kappa shape index (κ2) is 4.69. The van der Waals surface area contributed by atoms with E-state index in [9.17, 15) is 0 Å². The standard InChI is InChI=1S/C15H13Cl2N3/c1-8-5-13(18)15-19-14(9(2)20(15)7-8)10-3-4-11(16)12(17)6-10/h3-7H,18H2,1-2H3. The number of aryl methyl sites for hydroxylation is 2. The Kier molecular flexibility index (Phi) is 3.11. The molecule has 0 aliphatic heterocycles.